The van der Waals surface area contributed by atoms with E-state index < -0.39 is 0 Å². The number of ether oxygens (including phenoxy) is 2. The maximum atomic E-state index is 8.80. The smallest absolute Gasteiger partial charge is 0.0921 e. The van der Waals surface area contributed by atoms with Gasteiger partial charge >= 0.3 is 0 Å². The van der Waals surface area contributed by atoms with Gasteiger partial charge in [0.05, 0.1) is 30.0 Å². The standard InChI is InChI=1S/C15H26O3/c1-11(8-10-16)5-6-13-15(4,18-13)9-7-12-14(2,3)17-12/h8,12-13,16H,5-7,9-10H2,1-4H3/b11-8+/t12-,13?,15+/m1/s1. The Bertz CT molecular complexity index is 335. The van der Waals surface area contributed by atoms with E-state index in [0.29, 0.717) is 12.2 Å². The van der Waals surface area contributed by atoms with Crippen LogP contribution in [0.3, 0.4) is 0 Å². The van der Waals surface area contributed by atoms with Gasteiger partial charge in [-0.15, -0.1) is 0 Å². The Balaban J connectivity index is 1.64. The monoisotopic (exact) mass is 254 g/mol. The summed E-state index contributed by atoms with van der Waals surface area (Å²) in [5, 5.41) is 8.80. The van der Waals surface area contributed by atoms with Gasteiger partial charge in [0.15, 0.2) is 0 Å². The highest BCUT2D eigenvalue weighted by atomic mass is 16.6. The van der Waals surface area contributed by atoms with Crippen molar-refractivity contribution in [3.63, 3.8) is 0 Å². The summed E-state index contributed by atoms with van der Waals surface area (Å²) < 4.78 is 11.4. The molecule has 0 aromatic carbocycles. The summed E-state index contributed by atoms with van der Waals surface area (Å²) >= 11 is 0. The average Bonchev–Trinajstić information content (AvgIpc) is 3.11. The van der Waals surface area contributed by atoms with E-state index in [1.807, 2.05) is 6.08 Å². The summed E-state index contributed by atoms with van der Waals surface area (Å²) in [5.41, 5.74) is 1.42. The number of allylic oxidation sites excluding steroid dienone is 1. The molecule has 0 radical (unpaired) electrons. The molecule has 1 N–H and O–H groups in total. The molecule has 2 aliphatic rings. The van der Waals surface area contributed by atoms with Gasteiger partial charge < -0.3 is 14.6 Å². The van der Waals surface area contributed by atoms with Crippen molar-refractivity contribution in [2.45, 2.75) is 76.8 Å². The summed E-state index contributed by atoms with van der Waals surface area (Å²) in [6.07, 6.45) is 6.97. The minimum Gasteiger partial charge on any atom is -0.392 e. The Hall–Kier alpha value is -0.380. The molecule has 1 unspecified atom stereocenters. The van der Waals surface area contributed by atoms with Crippen molar-refractivity contribution >= 4 is 0 Å². The van der Waals surface area contributed by atoms with Gasteiger partial charge in [-0.3, -0.25) is 0 Å². The quantitative estimate of drug-likeness (QED) is 0.561. The van der Waals surface area contributed by atoms with Gasteiger partial charge in [-0.1, -0.05) is 11.6 Å². The van der Waals surface area contributed by atoms with Crippen LogP contribution in [0.5, 0.6) is 0 Å². The first-order chi connectivity index (χ1) is 8.37. The molecule has 0 aliphatic carbocycles. The fraction of sp³-hybridized carbons (Fsp3) is 0.867. The largest absolute Gasteiger partial charge is 0.392 e. The van der Waals surface area contributed by atoms with Gasteiger partial charge in [0, 0.05) is 0 Å². The maximum absolute atomic E-state index is 8.80. The zero-order chi connectivity index (χ0) is 13.4. The molecule has 0 spiro atoms. The third-order valence-electron chi connectivity index (χ3n) is 4.34. The van der Waals surface area contributed by atoms with Crippen LogP contribution in [-0.2, 0) is 9.47 Å². The lowest BCUT2D eigenvalue weighted by Gasteiger charge is -2.05. The topological polar surface area (TPSA) is 45.3 Å². The molecule has 2 fully saturated rings. The van der Waals surface area contributed by atoms with Gasteiger partial charge in [0.25, 0.3) is 0 Å². The number of rotatable bonds is 7. The summed E-state index contributed by atoms with van der Waals surface area (Å²) in [6, 6.07) is 0. The van der Waals surface area contributed by atoms with E-state index in [-0.39, 0.29) is 17.8 Å². The Kier molecular flexibility index (Phi) is 3.86. The molecule has 18 heavy (non-hydrogen) atoms. The summed E-state index contributed by atoms with van der Waals surface area (Å²) in [6.45, 7) is 8.71. The molecule has 3 atom stereocenters. The van der Waals surface area contributed by atoms with Crippen LogP contribution in [0.1, 0.15) is 53.4 Å². The van der Waals surface area contributed by atoms with Crippen LogP contribution in [0.15, 0.2) is 11.6 Å². The van der Waals surface area contributed by atoms with Crippen molar-refractivity contribution in [1.82, 2.24) is 0 Å². The second-order valence-electron chi connectivity index (χ2n) is 6.44. The highest BCUT2D eigenvalue weighted by Gasteiger charge is 2.54. The van der Waals surface area contributed by atoms with Crippen LogP contribution < -0.4 is 0 Å². The number of hydrogen-bond acceptors (Lipinski definition) is 3. The second kappa shape index (κ2) is 4.95. The predicted molar refractivity (Wildman–Crippen MR) is 71.5 cm³/mol. The first-order valence-electron chi connectivity index (χ1n) is 6.99. The fourth-order valence-corrected chi connectivity index (χ4v) is 2.65. The molecule has 0 saturated carbocycles. The minimum absolute atomic E-state index is 0.0710. The lowest BCUT2D eigenvalue weighted by Crippen LogP contribution is -2.13. The molecule has 2 saturated heterocycles. The zero-order valence-electron chi connectivity index (χ0n) is 12.0. The number of epoxide rings is 2. The molecule has 2 rings (SSSR count). The van der Waals surface area contributed by atoms with Crippen molar-refractivity contribution in [2.75, 3.05) is 6.61 Å². The van der Waals surface area contributed by atoms with Crippen LogP contribution >= 0.6 is 0 Å². The number of aliphatic hydroxyl groups is 1. The highest BCUT2D eigenvalue weighted by Crippen LogP contribution is 2.47. The van der Waals surface area contributed by atoms with Crippen molar-refractivity contribution in [2.24, 2.45) is 0 Å². The normalized spacial score (nSPS) is 37.7. The molecular weight excluding hydrogens is 228 g/mol. The summed E-state index contributed by atoms with van der Waals surface area (Å²) in [4.78, 5) is 0. The molecular formula is C15H26O3. The molecule has 3 nitrogen and oxygen atoms in total. The summed E-state index contributed by atoms with van der Waals surface area (Å²) in [5.74, 6) is 0. The SMILES string of the molecule is C/C(=C\CO)CCC1O[C@@]1(C)CC[C@H]1OC1(C)C. The lowest BCUT2D eigenvalue weighted by molar-refractivity contribution is 0.274. The minimum atomic E-state index is 0.0710. The Morgan fingerprint density at radius 2 is 1.83 bits per heavy atom. The first-order valence-corrected chi connectivity index (χ1v) is 6.99. The Morgan fingerprint density at radius 1 is 1.17 bits per heavy atom. The van der Waals surface area contributed by atoms with Crippen molar-refractivity contribution in [3.05, 3.63) is 11.6 Å². The van der Waals surface area contributed by atoms with Gasteiger partial charge in [-0.05, 0) is 53.4 Å². The Morgan fingerprint density at radius 3 is 2.39 bits per heavy atom. The third-order valence-corrected chi connectivity index (χ3v) is 4.34. The predicted octanol–water partition coefficient (Wildman–Crippen LogP) is 2.82. The fourth-order valence-electron chi connectivity index (χ4n) is 2.65. The number of aliphatic hydroxyl groups excluding tert-OH is 1. The van der Waals surface area contributed by atoms with Crippen molar-refractivity contribution in [1.29, 1.82) is 0 Å². The van der Waals surface area contributed by atoms with Gasteiger partial charge in [0.2, 0.25) is 0 Å². The van der Waals surface area contributed by atoms with Crippen molar-refractivity contribution in [3.8, 4) is 0 Å². The van der Waals surface area contributed by atoms with Crippen LogP contribution in [0.4, 0.5) is 0 Å². The van der Waals surface area contributed by atoms with E-state index in [1.54, 1.807) is 0 Å². The molecule has 0 aromatic rings. The van der Waals surface area contributed by atoms with E-state index in [1.165, 1.54) is 5.57 Å². The van der Waals surface area contributed by atoms with Crippen LogP contribution in [0, 0.1) is 0 Å². The molecule has 0 aromatic heterocycles. The average molecular weight is 254 g/mol. The van der Waals surface area contributed by atoms with Gasteiger partial charge in [0.1, 0.15) is 0 Å². The highest BCUT2D eigenvalue weighted by molar-refractivity contribution is 5.05. The van der Waals surface area contributed by atoms with E-state index in [2.05, 4.69) is 27.7 Å². The Labute approximate surface area is 110 Å². The molecule has 0 amide bonds. The molecule has 104 valence electrons. The van der Waals surface area contributed by atoms with E-state index in [9.17, 15) is 0 Å². The third kappa shape index (κ3) is 3.34. The number of hydrogen-bond donors (Lipinski definition) is 1. The van der Waals surface area contributed by atoms with Crippen LogP contribution in [-0.4, -0.2) is 35.1 Å². The maximum Gasteiger partial charge on any atom is 0.0921 e. The second-order valence-corrected chi connectivity index (χ2v) is 6.44. The van der Waals surface area contributed by atoms with Crippen LogP contribution in [0.25, 0.3) is 0 Å². The van der Waals surface area contributed by atoms with E-state index >= 15 is 0 Å². The molecule has 2 aliphatic heterocycles. The molecule has 3 heteroatoms. The van der Waals surface area contributed by atoms with Crippen molar-refractivity contribution < 1.29 is 14.6 Å². The lowest BCUT2D eigenvalue weighted by atomic mass is 9.94. The zero-order valence-corrected chi connectivity index (χ0v) is 12.0. The molecule has 0 bridgehead atoms. The van der Waals surface area contributed by atoms with Crippen LogP contribution in [0.2, 0.25) is 0 Å². The van der Waals surface area contributed by atoms with E-state index in [4.69, 9.17) is 14.6 Å². The van der Waals surface area contributed by atoms with Gasteiger partial charge in [-0.2, -0.15) is 0 Å². The summed E-state index contributed by atoms with van der Waals surface area (Å²) in [7, 11) is 0. The molecule has 2 heterocycles. The first kappa shape index (κ1) is 14.0. The van der Waals surface area contributed by atoms with Gasteiger partial charge in [-0.25, -0.2) is 0 Å². The van der Waals surface area contributed by atoms with E-state index in [0.717, 1.165) is 25.7 Å².